The van der Waals surface area contributed by atoms with Crippen LogP contribution in [0.25, 0.3) is 0 Å². The Labute approximate surface area is 131 Å². The number of hydrogen-bond donors (Lipinski definition) is 1. The van der Waals surface area contributed by atoms with Crippen LogP contribution >= 0.6 is 15.9 Å². The maximum atomic E-state index is 3.82. The van der Waals surface area contributed by atoms with E-state index >= 15 is 0 Å². The van der Waals surface area contributed by atoms with Crippen LogP contribution in [0.5, 0.6) is 0 Å². The molecule has 3 heteroatoms. The first kappa shape index (κ1) is 14.6. The fourth-order valence-electron chi connectivity index (χ4n) is 3.08. The zero-order valence-corrected chi connectivity index (χ0v) is 13.9. The van der Waals surface area contributed by atoms with E-state index in [0.29, 0.717) is 0 Å². The molecule has 3 rings (SSSR count). The number of halogens is 1. The van der Waals surface area contributed by atoms with Crippen LogP contribution in [0, 0.1) is 11.8 Å². The second kappa shape index (κ2) is 6.59. The summed E-state index contributed by atoms with van der Waals surface area (Å²) < 4.78 is 1.17. The Hall–Kier alpha value is -0.380. The molecule has 0 saturated heterocycles. The SMILES string of the molecule is CN(CCNC(C1CC1)C1CC1)Cc1cccc(Br)c1. The molecule has 110 valence electrons. The summed E-state index contributed by atoms with van der Waals surface area (Å²) in [5.74, 6) is 2.00. The molecule has 2 fully saturated rings. The van der Waals surface area contributed by atoms with Crippen LogP contribution in [0.15, 0.2) is 28.7 Å². The molecule has 0 aliphatic heterocycles. The monoisotopic (exact) mass is 336 g/mol. The number of nitrogens with one attached hydrogen (secondary N) is 1. The molecule has 0 radical (unpaired) electrons. The summed E-state index contributed by atoms with van der Waals surface area (Å²) in [6.45, 7) is 3.28. The third kappa shape index (κ3) is 4.31. The van der Waals surface area contributed by atoms with Crippen LogP contribution in [0.1, 0.15) is 31.2 Å². The molecule has 1 aromatic carbocycles. The fourth-order valence-corrected chi connectivity index (χ4v) is 3.52. The van der Waals surface area contributed by atoms with Gasteiger partial charge in [0, 0.05) is 30.1 Å². The number of benzene rings is 1. The van der Waals surface area contributed by atoms with E-state index in [0.717, 1.165) is 37.5 Å². The molecule has 0 spiro atoms. The second-order valence-electron chi connectivity index (χ2n) is 6.52. The Balaban J connectivity index is 1.39. The number of likely N-dealkylation sites (N-methyl/N-ethyl adjacent to an activating group) is 1. The lowest BCUT2D eigenvalue weighted by Gasteiger charge is -2.21. The lowest BCUT2D eigenvalue weighted by molar-refractivity contribution is 0.305. The first-order valence-corrected chi connectivity index (χ1v) is 8.68. The maximum Gasteiger partial charge on any atom is 0.0231 e. The molecule has 0 heterocycles. The van der Waals surface area contributed by atoms with Gasteiger partial charge in [-0.15, -0.1) is 0 Å². The Morgan fingerprint density at radius 3 is 2.55 bits per heavy atom. The zero-order chi connectivity index (χ0) is 13.9. The van der Waals surface area contributed by atoms with Crippen LogP contribution in [0.2, 0.25) is 0 Å². The minimum Gasteiger partial charge on any atom is -0.312 e. The van der Waals surface area contributed by atoms with E-state index < -0.39 is 0 Å². The standard InChI is InChI=1S/C17H25BrN2/c1-20(12-13-3-2-4-16(18)11-13)10-9-19-17(14-5-6-14)15-7-8-15/h2-4,11,14-15,17,19H,5-10,12H2,1H3. The Bertz CT molecular complexity index is 428. The minimum absolute atomic E-state index is 0.828. The second-order valence-corrected chi connectivity index (χ2v) is 7.44. The summed E-state index contributed by atoms with van der Waals surface area (Å²) in [7, 11) is 2.21. The summed E-state index contributed by atoms with van der Waals surface area (Å²) in [5.41, 5.74) is 1.38. The molecular weight excluding hydrogens is 312 g/mol. The molecule has 2 nitrogen and oxygen atoms in total. The van der Waals surface area contributed by atoms with Crippen LogP contribution in [0.3, 0.4) is 0 Å². The smallest absolute Gasteiger partial charge is 0.0231 e. The summed E-state index contributed by atoms with van der Waals surface area (Å²) in [6.07, 6.45) is 5.84. The highest BCUT2D eigenvalue weighted by Gasteiger charge is 2.40. The van der Waals surface area contributed by atoms with Gasteiger partial charge in [-0.2, -0.15) is 0 Å². The average Bonchev–Trinajstić information content (AvgIpc) is 3.27. The quantitative estimate of drug-likeness (QED) is 0.779. The van der Waals surface area contributed by atoms with Gasteiger partial charge in [0.05, 0.1) is 0 Å². The predicted molar refractivity (Wildman–Crippen MR) is 87.7 cm³/mol. The fraction of sp³-hybridized carbons (Fsp3) is 0.647. The lowest BCUT2D eigenvalue weighted by Crippen LogP contribution is -2.38. The Morgan fingerprint density at radius 1 is 1.25 bits per heavy atom. The van der Waals surface area contributed by atoms with Crippen molar-refractivity contribution in [1.29, 1.82) is 0 Å². The molecule has 2 saturated carbocycles. The van der Waals surface area contributed by atoms with Crippen molar-refractivity contribution in [3.63, 3.8) is 0 Å². The third-order valence-corrected chi connectivity index (χ3v) is 4.97. The summed E-state index contributed by atoms with van der Waals surface area (Å²) >= 11 is 3.54. The van der Waals surface area contributed by atoms with E-state index in [1.807, 2.05) is 0 Å². The van der Waals surface area contributed by atoms with E-state index in [1.165, 1.54) is 35.7 Å². The van der Waals surface area contributed by atoms with Crippen molar-refractivity contribution in [2.75, 3.05) is 20.1 Å². The highest BCUT2D eigenvalue weighted by atomic mass is 79.9. The van der Waals surface area contributed by atoms with Crippen molar-refractivity contribution in [3.8, 4) is 0 Å². The number of hydrogen-bond acceptors (Lipinski definition) is 2. The van der Waals surface area contributed by atoms with Crippen molar-refractivity contribution < 1.29 is 0 Å². The number of nitrogens with zero attached hydrogens (tertiary/aromatic N) is 1. The van der Waals surface area contributed by atoms with E-state index in [9.17, 15) is 0 Å². The van der Waals surface area contributed by atoms with Crippen LogP contribution in [-0.4, -0.2) is 31.1 Å². The molecule has 0 unspecified atom stereocenters. The highest BCUT2D eigenvalue weighted by Crippen LogP contribution is 2.44. The van der Waals surface area contributed by atoms with Crippen molar-refractivity contribution in [1.82, 2.24) is 10.2 Å². The summed E-state index contributed by atoms with van der Waals surface area (Å²) in [4.78, 5) is 2.41. The first-order chi connectivity index (χ1) is 9.72. The molecule has 20 heavy (non-hydrogen) atoms. The largest absolute Gasteiger partial charge is 0.312 e. The molecule has 0 bridgehead atoms. The van der Waals surface area contributed by atoms with E-state index in [1.54, 1.807) is 0 Å². The van der Waals surface area contributed by atoms with Crippen LogP contribution in [0.4, 0.5) is 0 Å². The Morgan fingerprint density at radius 2 is 1.95 bits per heavy atom. The van der Waals surface area contributed by atoms with Gasteiger partial charge in [0.25, 0.3) is 0 Å². The summed E-state index contributed by atoms with van der Waals surface area (Å²) in [6, 6.07) is 9.43. The first-order valence-electron chi connectivity index (χ1n) is 7.89. The maximum absolute atomic E-state index is 3.82. The van der Waals surface area contributed by atoms with E-state index in [2.05, 4.69) is 57.5 Å². The van der Waals surface area contributed by atoms with Gasteiger partial charge in [0.15, 0.2) is 0 Å². The summed E-state index contributed by atoms with van der Waals surface area (Å²) in [5, 5.41) is 3.82. The molecule has 0 amide bonds. The van der Waals surface area contributed by atoms with Crippen LogP contribution in [-0.2, 0) is 6.54 Å². The molecule has 0 atom stereocenters. The van der Waals surface area contributed by atoms with Gasteiger partial charge < -0.3 is 10.2 Å². The molecule has 0 aromatic heterocycles. The van der Waals surface area contributed by atoms with Gasteiger partial charge in [-0.3, -0.25) is 0 Å². The molecule has 1 aromatic rings. The van der Waals surface area contributed by atoms with Crippen molar-refractivity contribution in [2.45, 2.75) is 38.3 Å². The Kier molecular flexibility index (Phi) is 4.79. The van der Waals surface area contributed by atoms with E-state index in [-0.39, 0.29) is 0 Å². The number of rotatable bonds is 8. The van der Waals surface area contributed by atoms with Gasteiger partial charge in [-0.1, -0.05) is 28.1 Å². The lowest BCUT2D eigenvalue weighted by atomic mass is 10.1. The topological polar surface area (TPSA) is 15.3 Å². The van der Waals surface area contributed by atoms with Gasteiger partial charge >= 0.3 is 0 Å². The minimum atomic E-state index is 0.828. The van der Waals surface area contributed by atoms with Crippen molar-refractivity contribution in [3.05, 3.63) is 34.3 Å². The highest BCUT2D eigenvalue weighted by molar-refractivity contribution is 9.10. The van der Waals surface area contributed by atoms with Crippen molar-refractivity contribution >= 4 is 15.9 Å². The van der Waals surface area contributed by atoms with Gasteiger partial charge in [0.2, 0.25) is 0 Å². The molecular formula is C17H25BrN2. The molecule has 2 aliphatic carbocycles. The molecule has 1 N–H and O–H groups in total. The van der Waals surface area contributed by atoms with Crippen LogP contribution < -0.4 is 5.32 Å². The van der Waals surface area contributed by atoms with Crippen molar-refractivity contribution in [2.24, 2.45) is 11.8 Å². The average molecular weight is 337 g/mol. The normalized spacial score (nSPS) is 19.0. The van der Waals surface area contributed by atoms with Gasteiger partial charge in [-0.05, 0) is 62.3 Å². The third-order valence-electron chi connectivity index (χ3n) is 4.47. The van der Waals surface area contributed by atoms with Gasteiger partial charge in [0.1, 0.15) is 0 Å². The molecule has 2 aliphatic rings. The van der Waals surface area contributed by atoms with E-state index in [4.69, 9.17) is 0 Å². The van der Waals surface area contributed by atoms with Gasteiger partial charge in [-0.25, -0.2) is 0 Å². The predicted octanol–water partition coefficient (Wildman–Crippen LogP) is 3.66. The zero-order valence-electron chi connectivity index (χ0n) is 12.3.